The minimum absolute atomic E-state index is 0.381. The van der Waals surface area contributed by atoms with Crippen molar-refractivity contribution in [2.75, 3.05) is 5.32 Å². The van der Waals surface area contributed by atoms with Crippen LogP contribution in [-0.4, -0.2) is 18.0 Å². The van der Waals surface area contributed by atoms with Gasteiger partial charge in [0.2, 0.25) is 0 Å². The summed E-state index contributed by atoms with van der Waals surface area (Å²) in [5.41, 5.74) is 2.10. The van der Waals surface area contributed by atoms with Gasteiger partial charge in [0.25, 0.3) is 5.91 Å². The van der Waals surface area contributed by atoms with Gasteiger partial charge in [-0.1, -0.05) is 46.9 Å². The molecule has 26 heavy (non-hydrogen) atoms. The van der Waals surface area contributed by atoms with E-state index in [0.717, 1.165) is 5.56 Å². The highest BCUT2D eigenvalue weighted by Crippen LogP contribution is 2.23. The predicted molar refractivity (Wildman–Crippen MR) is 106 cm³/mol. The van der Waals surface area contributed by atoms with Crippen LogP contribution in [0.2, 0.25) is 15.1 Å². The molecule has 0 fully saturated rings. The fourth-order valence-electron chi connectivity index (χ4n) is 2.01. The Hall–Kier alpha value is -2.01. The van der Waals surface area contributed by atoms with Crippen molar-refractivity contribution in [2.45, 2.75) is 20.0 Å². The number of benzene rings is 2. The summed E-state index contributed by atoms with van der Waals surface area (Å²) in [6.45, 7) is 3.32. The summed E-state index contributed by atoms with van der Waals surface area (Å²) in [4.78, 5) is 24.1. The normalized spacial score (nSPS) is 12.0. The van der Waals surface area contributed by atoms with Crippen molar-refractivity contribution in [3.8, 4) is 0 Å². The monoisotopic (exact) mass is 411 g/mol. The lowest BCUT2D eigenvalue weighted by atomic mass is 10.2. The number of carbonyl (C=O) groups excluding carboxylic acids is 2. The van der Waals surface area contributed by atoms with E-state index in [1.54, 1.807) is 36.4 Å². The quantitative estimate of drug-likeness (QED) is 0.518. The summed E-state index contributed by atoms with van der Waals surface area (Å²) >= 11 is 17.7. The van der Waals surface area contributed by atoms with Gasteiger partial charge in [0.05, 0.1) is 10.0 Å². The molecule has 0 aliphatic carbocycles. The third-order valence-corrected chi connectivity index (χ3v) is 4.45. The van der Waals surface area contributed by atoms with Crippen LogP contribution in [0, 0.1) is 6.92 Å². The van der Waals surface area contributed by atoms with Crippen molar-refractivity contribution in [3.63, 3.8) is 0 Å². The molecule has 0 radical (unpaired) electrons. The van der Waals surface area contributed by atoms with Crippen molar-refractivity contribution in [1.29, 1.82) is 0 Å². The standard InChI is InChI=1S/C19H16Cl3NO3/c1-11-3-6-14(20)10-17(11)23-19(25)12(2)26-18(24)8-5-13-4-7-15(21)16(22)9-13/h3-10,12H,1-2H3,(H,23,25)/b8-5+/t12-/m0/s1. The van der Waals surface area contributed by atoms with E-state index < -0.39 is 18.0 Å². The lowest BCUT2D eigenvalue weighted by Gasteiger charge is -2.14. The molecule has 2 aromatic rings. The number of amides is 1. The maximum atomic E-state index is 12.2. The van der Waals surface area contributed by atoms with Crippen LogP contribution in [0.25, 0.3) is 6.08 Å². The minimum Gasteiger partial charge on any atom is -0.449 e. The number of rotatable bonds is 5. The van der Waals surface area contributed by atoms with Crippen molar-refractivity contribution >= 4 is 58.4 Å². The average molecular weight is 413 g/mol. The molecule has 0 unspecified atom stereocenters. The molecular formula is C19H16Cl3NO3. The van der Waals surface area contributed by atoms with Gasteiger partial charge in [-0.25, -0.2) is 4.79 Å². The number of nitrogens with one attached hydrogen (secondary N) is 1. The maximum absolute atomic E-state index is 12.2. The van der Waals surface area contributed by atoms with Crippen LogP contribution in [0.15, 0.2) is 42.5 Å². The molecule has 0 spiro atoms. The third kappa shape index (κ3) is 5.77. The highest BCUT2D eigenvalue weighted by Gasteiger charge is 2.17. The summed E-state index contributed by atoms with van der Waals surface area (Å²) in [6, 6.07) is 10.1. The predicted octanol–water partition coefficient (Wildman–Crippen LogP) is 5.54. The van der Waals surface area contributed by atoms with E-state index >= 15 is 0 Å². The van der Waals surface area contributed by atoms with Crippen LogP contribution in [-0.2, 0) is 14.3 Å². The topological polar surface area (TPSA) is 55.4 Å². The highest BCUT2D eigenvalue weighted by molar-refractivity contribution is 6.42. The highest BCUT2D eigenvalue weighted by atomic mass is 35.5. The Morgan fingerprint density at radius 3 is 2.50 bits per heavy atom. The molecule has 0 aromatic heterocycles. The number of hydrogen-bond acceptors (Lipinski definition) is 3. The zero-order valence-corrected chi connectivity index (χ0v) is 16.3. The first-order chi connectivity index (χ1) is 12.3. The Labute approximate surface area is 166 Å². The SMILES string of the molecule is Cc1ccc(Cl)cc1NC(=O)[C@H](C)OC(=O)/C=C/c1ccc(Cl)c(Cl)c1. The molecule has 1 N–H and O–H groups in total. The Morgan fingerprint density at radius 1 is 1.08 bits per heavy atom. The Bertz CT molecular complexity index is 865. The van der Waals surface area contributed by atoms with E-state index in [9.17, 15) is 9.59 Å². The van der Waals surface area contributed by atoms with Gasteiger partial charge in [-0.2, -0.15) is 0 Å². The van der Waals surface area contributed by atoms with E-state index in [4.69, 9.17) is 39.5 Å². The van der Waals surface area contributed by atoms with Crippen molar-refractivity contribution < 1.29 is 14.3 Å². The Balaban J connectivity index is 1.95. The molecular weight excluding hydrogens is 397 g/mol. The number of esters is 1. The second-order valence-corrected chi connectivity index (χ2v) is 6.79. The molecule has 2 aromatic carbocycles. The molecule has 0 aliphatic heterocycles. The molecule has 7 heteroatoms. The maximum Gasteiger partial charge on any atom is 0.331 e. The summed E-state index contributed by atoms with van der Waals surface area (Å²) < 4.78 is 5.10. The van der Waals surface area contributed by atoms with Gasteiger partial charge in [0.1, 0.15) is 0 Å². The van der Waals surface area contributed by atoms with Gasteiger partial charge < -0.3 is 10.1 Å². The van der Waals surface area contributed by atoms with Crippen LogP contribution in [0.3, 0.4) is 0 Å². The number of ether oxygens (including phenoxy) is 1. The first-order valence-electron chi connectivity index (χ1n) is 7.67. The van der Waals surface area contributed by atoms with Crippen molar-refractivity contribution in [2.24, 2.45) is 0 Å². The summed E-state index contributed by atoms with van der Waals surface area (Å²) in [5, 5.41) is 3.99. The fraction of sp³-hybridized carbons (Fsp3) is 0.158. The van der Waals surface area contributed by atoms with Crippen LogP contribution >= 0.6 is 34.8 Å². The number of carbonyl (C=O) groups is 2. The number of aryl methyl sites for hydroxylation is 1. The zero-order chi connectivity index (χ0) is 19.3. The van der Waals surface area contributed by atoms with Gasteiger partial charge >= 0.3 is 5.97 Å². The Kier molecular flexibility index (Phi) is 7.09. The first kappa shape index (κ1) is 20.3. The van der Waals surface area contributed by atoms with E-state index in [1.165, 1.54) is 19.1 Å². The average Bonchev–Trinajstić information content (AvgIpc) is 2.59. The molecule has 2 rings (SSSR count). The second-order valence-electron chi connectivity index (χ2n) is 5.53. The smallest absolute Gasteiger partial charge is 0.331 e. The van der Waals surface area contributed by atoms with Crippen LogP contribution in [0.1, 0.15) is 18.1 Å². The van der Waals surface area contributed by atoms with Gasteiger partial charge in [-0.15, -0.1) is 0 Å². The molecule has 0 saturated carbocycles. The lowest BCUT2D eigenvalue weighted by molar-refractivity contribution is -0.148. The Morgan fingerprint density at radius 2 is 1.81 bits per heavy atom. The second kappa shape index (κ2) is 9.08. The molecule has 0 aliphatic rings. The largest absolute Gasteiger partial charge is 0.449 e. The van der Waals surface area contributed by atoms with Gasteiger partial charge in [-0.3, -0.25) is 4.79 Å². The summed E-state index contributed by atoms with van der Waals surface area (Å²) in [5.74, 6) is -1.10. The lowest BCUT2D eigenvalue weighted by Crippen LogP contribution is -2.29. The molecule has 4 nitrogen and oxygen atoms in total. The minimum atomic E-state index is -0.973. The van der Waals surface area contributed by atoms with Crippen LogP contribution < -0.4 is 5.32 Å². The van der Waals surface area contributed by atoms with Gasteiger partial charge in [-0.05, 0) is 55.3 Å². The van der Waals surface area contributed by atoms with E-state index in [0.29, 0.717) is 26.3 Å². The summed E-state index contributed by atoms with van der Waals surface area (Å²) in [6.07, 6.45) is 1.77. The van der Waals surface area contributed by atoms with E-state index in [1.807, 2.05) is 6.92 Å². The van der Waals surface area contributed by atoms with E-state index in [2.05, 4.69) is 5.32 Å². The van der Waals surface area contributed by atoms with E-state index in [-0.39, 0.29) is 0 Å². The zero-order valence-electron chi connectivity index (χ0n) is 14.1. The first-order valence-corrected chi connectivity index (χ1v) is 8.80. The molecule has 0 saturated heterocycles. The van der Waals surface area contributed by atoms with Gasteiger partial charge in [0, 0.05) is 16.8 Å². The number of halogens is 3. The van der Waals surface area contributed by atoms with Crippen LogP contribution in [0.5, 0.6) is 0 Å². The third-order valence-electron chi connectivity index (χ3n) is 3.48. The number of anilines is 1. The molecule has 136 valence electrons. The molecule has 1 amide bonds. The molecule has 1 atom stereocenters. The molecule has 0 heterocycles. The van der Waals surface area contributed by atoms with Crippen molar-refractivity contribution in [3.05, 3.63) is 68.7 Å². The molecule has 0 bridgehead atoms. The van der Waals surface area contributed by atoms with Crippen molar-refractivity contribution in [1.82, 2.24) is 0 Å². The fourth-order valence-corrected chi connectivity index (χ4v) is 2.49. The number of hydrogen-bond donors (Lipinski definition) is 1. The van der Waals surface area contributed by atoms with Crippen LogP contribution in [0.4, 0.5) is 5.69 Å². The summed E-state index contributed by atoms with van der Waals surface area (Å²) in [7, 11) is 0. The van der Waals surface area contributed by atoms with Gasteiger partial charge in [0.15, 0.2) is 6.10 Å².